The SMILES string of the molecule is C#CCCCn1cnc(N)c2nc(Sc3cn(Cc4ccc(OC)cc4)c4ncc(Br)cc34)nc1-2. The van der Waals surface area contributed by atoms with Gasteiger partial charge in [0.15, 0.2) is 22.5 Å². The Morgan fingerprint density at radius 2 is 2.00 bits per heavy atom. The number of fused-ring (bicyclic) bond motifs is 2. The molecule has 8 nitrogen and oxygen atoms in total. The number of nitrogen functional groups attached to an aromatic ring is 1. The van der Waals surface area contributed by atoms with E-state index in [2.05, 4.69) is 65.8 Å². The number of pyridine rings is 1. The molecule has 0 aliphatic carbocycles. The highest BCUT2D eigenvalue weighted by atomic mass is 79.9. The third-order valence-electron chi connectivity index (χ3n) is 5.55. The van der Waals surface area contributed by atoms with Gasteiger partial charge in [-0.2, -0.15) is 0 Å². The molecule has 5 rings (SSSR count). The summed E-state index contributed by atoms with van der Waals surface area (Å²) in [5, 5.41) is 1.62. The number of ether oxygens (including phenoxy) is 1. The zero-order valence-electron chi connectivity index (χ0n) is 19.0. The molecule has 0 atom stereocenters. The molecule has 3 aromatic rings. The summed E-state index contributed by atoms with van der Waals surface area (Å²) in [5.41, 5.74) is 8.73. The van der Waals surface area contributed by atoms with Crippen LogP contribution in [0.4, 0.5) is 5.82 Å². The molecule has 0 radical (unpaired) electrons. The number of imidazole rings is 1. The van der Waals surface area contributed by atoms with Crippen LogP contribution < -0.4 is 10.5 Å². The first-order chi connectivity index (χ1) is 17.1. The van der Waals surface area contributed by atoms with E-state index in [0.29, 0.717) is 42.0 Å². The van der Waals surface area contributed by atoms with E-state index in [4.69, 9.17) is 21.9 Å². The first-order valence-electron chi connectivity index (χ1n) is 10.9. The average Bonchev–Trinajstić information content (AvgIpc) is 3.43. The highest BCUT2D eigenvalue weighted by Gasteiger charge is 2.21. The van der Waals surface area contributed by atoms with Crippen molar-refractivity contribution < 1.29 is 4.74 Å². The molecule has 0 fully saturated rings. The number of hydrogen-bond acceptors (Lipinski definition) is 7. The second kappa shape index (κ2) is 9.98. The Kier molecular flexibility index (Phi) is 6.61. The van der Waals surface area contributed by atoms with Crippen molar-refractivity contribution in [1.82, 2.24) is 29.1 Å². The highest BCUT2D eigenvalue weighted by Crippen LogP contribution is 2.37. The number of anilines is 1. The zero-order valence-corrected chi connectivity index (χ0v) is 21.4. The summed E-state index contributed by atoms with van der Waals surface area (Å²) in [6.07, 6.45) is 12.5. The highest BCUT2D eigenvalue weighted by molar-refractivity contribution is 9.10. The van der Waals surface area contributed by atoms with Gasteiger partial charge < -0.3 is 19.6 Å². The lowest BCUT2D eigenvalue weighted by molar-refractivity contribution is 0.414. The first-order valence-corrected chi connectivity index (χ1v) is 12.5. The van der Waals surface area contributed by atoms with E-state index >= 15 is 0 Å². The number of nitrogens with two attached hydrogens (primary N) is 1. The van der Waals surface area contributed by atoms with Crippen molar-refractivity contribution in [1.29, 1.82) is 0 Å². The molecule has 0 saturated heterocycles. The maximum atomic E-state index is 6.11. The predicted molar refractivity (Wildman–Crippen MR) is 141 cm³/mol. The second-order valence-electron chi connectivity index (χ2n) is 7.91. The van der Waals surface area contributed by atoms with E-state index in [0.717, 1.165) is 38.1 Å². The number of unbranched alkanes of at least 4 members (excludes halogenated alkanes) is 1. The lowest BCUT2D eigenvalue weighted by Gasteiger charge is -2.09. The standard InChI is InChI=1S/C25H22BrN7OS/c1-3-4-5-10-32-15-29-22(27)21-24(32)31-25(30-21)35-20-14-33(23-19(20)11-17(26)12-28-23)13-16-6-8-18(34-2)9-7-16/h1,6-9,11-12,14-15H,4-5,10,13,27H2,2H3. The Balaban J connectivity index is 1.49. The van der Waals surface area contributed by atoms with Crippen LogP contribution in [0.15, 0.2) is 63.6 Å². The molecule has 0 spiro atoms. The van der Waals surface area contributed by atoms with Crippen LogP contribution in [0.3, 0.4) is 0 Å². The minimum absolute atomic E-state index is 0.360. The van der Waals surface area contributed by atoms with Crippen LogP contribution in [0.1, 0.15) is 18.4 Å². The molecule has 2 aromatic heterocycles. The van der Waals surface area contributed by atoms with Crippen LogP contribution in [0.25, 0.3) is 22.6 Å². The molecule has 0 saturated carbocycles. The Morgan fingerprint density at radius 1 is 1.17 bits per heavy atom. The monoisotopic (exact) mass is 547 g/mol. The number of nitrogens with zero attached hydrogens (tertiary/aromatic N) is 6. The molecule has 176 valence electrons. The molecule has 1 aromatic carbocycles. The number of benzene rings is 1. The molecule has 2 N–H and O–H groups in total. The summed E-state index contributed by atoms with van der Waals surface area (Å²) in [7, 11) is 1.66. The molecule has 0 amide bonds. The minimum Gasteiger partial charge on any atom is -0.497 e. The van der Waals surface area contributed by atoms with Crippen LogP contribution in [-0.4, -0.2) is 36.2 Å². The number of hydrogen-bond donors (Lipinski definition) is 1. The second-order valence-corrected chi connectivity index (χ2v) is 9.83. The van der Waals surface area contributed by atoms with Gasteiger partial charge in [-0.15, -0.1) is 12.3 Å². The topological polar surface area (TPSA) is 96.7 Å². The van der Waals surface area contributed by atoms with Crippen LogP contribution in [0.5, 0.6) is 5.75 Å². The predicted octanol–water partition coefficient (Wildman–Crippen LogP) is 5.09. The van der Waals surface area contributed by atoms with Crippen LogP contribution in [0, 0.1) is 12.3 Å². The fraction of sp³-hybridized carbons (Fsp3) is 0.200. The molecule has 0 unspecified atom stereocenters. The molecule has 10 heteroatoms. The van der Waals surface area contributed by atoms with E-state index in [1.165, 1.54) is 11.8 Å². The van der Waals surface area contributed by atoms with Crippen LogP contribution in [-0.2, 0) is 13.1 Å². The number of rotatable bonds is 8. The van der Waals surface area contributed by atoms with Crippen molar-refractivity contribution in [3.05, 3.63) is 59.1 Å². The van der Waals surface area contributed by atoms with Gasteiger partial charge >= 0.3 is 0 Å². The van der Waals surface area contributed by atoms with E-state index < -0.39 is 0 Å². The van der Waals surface area contributed by atoms with Crippen LogP contribution >= 0.6 is 27.7 Å². The molecule has 0 bridgehead atoms. The summed E-state index contributed by atoms with van der Waals surface area (Å²) in [5.74, 6) is 4.56. The van der Waals surface area contributed by atoms with Crippen molar-refractivity contribution >= 4 is 44.5 Å². The Bertz CT molecular complexity index is 1500. The molecular weight excluding hydrogens is 526 g/mol. The van der Waals surface area contributed by atoms with Gasteiger partial charge in [-0.3, -0.25) is 0 Å². The zero-order chi connectivity index (χ0) is 24.4. The van der Waals surface area contributed by atoms with Crippen molar-refractivity contribution in [2.45, 2.75) is 36.0 Å². The quantitative estimate of drug-likeness (QED) is 0.213. The summed E-state index contributed by atoms with van der Waals surface area (Å²) < 4.78 is 10.3. The normalized spacial score (nSPS) is 11.2. The summed E-state index contributed by atoms with van der Waals surface area (Å²) in [4.78, 5) is 19.4. The molecule has 2 aliphatic rings. The number of terminal acetylenes is 1. The minimum atomic E-state index is 0.360. The number of aryl methyl sites for hydroxylation is 1. The van der Waals surface area contributed by atoms with Crippen molar-refractivity contribution in [3.8, 4) is 29.6 Å². The number of methoxy groups -OCH3 is 1. The van der Waals surface area contributed by atoms with Crippen molar-refractivity contribution in [3.63, 3.8) is 0 Å². The van der Waals surface area contributed by atoms with E-state index in [1.807, 2.05) is 16.7 Å². The fourth-order valence-corrected chi connectivity index (χ4v) is 5.07. The molecule has 35 heavy (non-hydrogen) atoms. The number of halogens is 1. The van der Waals surface area contributed by atoms with Gasteiger partial charge in [-0.05, 0) is 57.9 Å². The van der Waals surface area contributed by atoms with Crippen molar-refractivity contribution in [2.24, 2.45) is 0 Å². The van der Waals surface area contributed by atoms with Gasteiger partial charge in [0.25, 0.3) is 0 Å². The molecule has 2 aliphatic heterocycles. The molecule has 4 heterocycles. The lowest BCUT2D eigenvalue weighted by atomic mass is 10.2. The van der Waals surface area contributed by atoms with Gasteiger partial charge in [-0.25, -0.2) is 19.9 Å². The van der Waals surface area contributed by atoms with Gasteiger partial charge in [-0.1, -0.05) is 12.1 Å². The summed E-state index contributed by atoms with van der Waals surface area (Å²) >= 11 is 5.03. The van der Waals surface area contributed by atoms with Gasteiger partial charge in [0.1, 0.15) is 11.4 Å². The van der Waals surface area contributed by atoms with Crippen LogP contribution in [0.2, 0.25) is 0 Å². The largest absolute Gasteiger partial charge is 0.497 e. The Hall–Kier alpha value is -3.55. The molecular formula is C25H22BrN7OS. The third-order valence-corrected chi connectivity index (χ3v) is 6.89. The summed E-state index contributed by atoms with van der Waals surface area (Å²) in [6.45, 7) is 1.38. The fourth-order valence-electron chi connectivity index (χ4n) is 3.84. The Morgan fingerprint density at radius 3 is 2.77 bits per heavy atom. The van der Waals surface area contributed by atoms with Gasteiger partial charge in [0.05, 0.1) is 13.4 Å². The Labute approximate surface area is 215 Å². The first kappa shape index (κ1) is 23.2. The average molecular weight is 548 g/mol. The van der Waals surface area contributed by atoms with Gasteiger partial charge in [0.2, 0.25) is 0 Å². The van der Waals surface area contributed by atoms with E-state index in [-0.39, 0.29) is 0 Å². The number of aromatic nitrogens is 6. The van der Waals surface area contributed by atoms with Crippen molar-refractivity contribution in [2.75, 3.05) is 12.8 Å². The summed E-state index contributed by atoms with van der Waals surface area (Å²) in [6, 6.07) is 10.1. The smallest absolute Gasteiger partial charge is 0.195 e. The van der Waals surface area contributed by atoms with E-state index in [1.54, 1.807) is 19.6 Å². The third kappa shape index (κ3) is 4.83. The lowest BCUT2D eigenvalue weighted by Crippen LogP contribution is -2.08. The van der Waals surface area contributed by atoms with E-state index in [9.17, 15) is 0 Å². The maximum Gasteiger partial charge on any atom is 0.195 e. The maximum absolute atomic E-state index is 6.11. The van der Waals surface area contributed by atoms with Gasteiger partial charge in [0, 0.05) is 46.7 Å².